The minimum atomic E-state index is -4.48. The van der Waals surface area contributed by atoms with Crippen LogP contribution in [0.1, 0.15) is 5.56 Å². The van der Waals surface area contributed by atoms with Gasteiger partial charge in [-0.1, -0.05) is 18.2 Å². The quantitative estimate of drug-likeness (QED) is 0.558. The fraction of sp³-hybridized carbons (Fsp3) is 0.304. The molecular formula is C23H23F3N4OS. The number of benzene rings is 2. The molecule has 32 heavy (non-hydrogen) atoms. The van der Waals surface area contributed by atoms with E-state index in [1.807, 2.05) is 42.3 Å². The highest BCUT2D eigenvalue weighted by Crippen LogP contribution is 2.36. The van der Waals surface area contributed by atoms with Gasteiger partial charge in [0.1, 0.15) is 0 Å². The number of para-hydroxylation sites is 1. The summed E-state index contributed by atoms with van der Waals surface area (Å²) in [7, 11) is 2.01. The molecule has 0 radical (unpaired) electrons. The molecule has 0 aliphatic carbocycles. The molecule has 2 aromatic carbocycles. The maximum Gasteiger partial charge on any atom is 0.416 e. The lowest BCUT2D eigenvalue weighted by atomic mass is 10.1. The lowest BCUT2D eigenvalue weighted by Gasteiger charge is -2.35. The van der Waals surface area contributed by atoms with Crippen molar-refractivity contribution in [3.63, 3.8) is 0 Å². The molecule has 1 amide bonds. The normalized spacial score (nSPS) is 15.2. The van der Waals surface area contributed by atoms with Crippen molar-refractivity contribution in [2.24, 2.45) is 0 Å². The summed E-state index contributed by atoms with van der Waals surface area (Å²) >= 11 is 1.31. The van der Waals surface area contributed by atoms with Gasteiger partial charge in [-0.15, -0.1) is 11.8 Å². The number of alkyl halides is 3. The predicted molar refractivity (Wildman–Crippen MR) is 122 cm³/mol. The van der Waals surface area contributed by atoms with Gasteiger partial charge in [0.15, 0.2) is 0 Å². The van der Waals surface area contributed by atoms with Crippen LogP contribution >= 0.6 is 11.8 Å². The number of pyridine rings is 1. The van der Waals surface area contributed by atoms with Crippen molar-refractivity contribution in [2.75, 3.05) is 49.2 Å². The summed E-state index contributed by atoms with van der Waals surface area (Å²) in [5.41, 5.74) is 0.809. The van der Waals surface area contributed by atoms with Gasteiger partial charge in [0.2, 0.25) is 5.91 Å². The first-order chi connectivity index (χ1) is 15.3. The van der Waals surface area contributed by atoms with Gasteiger partial charge in [-0.25, -0.2) is 0 Å². The van der Waals surface area contributed by atoms with Gasteiger partial charge < -0.3 is 15.1 Å². The Labute approximate surface area is 188 Å². The number of amides is 1. The molecule has 0 saturated carbocycles. The Bertz CT molecular complexity index is 1110. The number of rotatable bonds is 5. The SMILES string of the molecule is CN1CCN(c2ccc(C(F)(F)F)cc2NC(=O)CSc2cccc3cccnc23)CC1. The molecule has 5 nitrogen and oxygen atoms in total. The zero-order chi connectivity index (χ0) is 22.7. The topological polar surface area (TPSA) is 48.5 Å². The van der Waals surface area contributed by atoms with Crippen LogP contribution in [0.25, 0.3) is 10.9 Å². The third kappa shape index (κ3) is 5.16. The first-order valence-corrected chi connectivity index (χ1v) is 11.2. The van der Waals surface area contributed by atoms with Crippen molar-refractivity contribution in [3.8, 4) is 0 Å². The van der Waals surface area contributed by atoms with E-state index in [1.165, 1.54) is 17.8 Å². The minimum Gasteiger partial charge on any atom is -0.367 e. The van der Waals surface area contributed by atoms with Crippen LogP contribution in [0, 0.1) is 0 Å². The van der Waals surface area contributed by atoms with Crippen molar-refractivity contribution < 1.29 is 18.0 Å². The number of carbonyl (C=O) groups is 1. The number of fused-ring (bicyclic) bond motifs is 1. The standard InChI is InChI=1S/C23H23F3N4OS/c1-29-10-12-30(13-11-29)19-8-7-17(23(24,25)26)14-18(19)28-21(31)15-32-20-6-2-4-16-5-3-9-27-22(16)20/h2-9,14H,10-13,15H2,1H3,(H,28,31). The van der Waals surface area contributed by atoms with Crippen molar-refractivity contribution in [3.05, 3.63) is 60.3 Å². The monoisotopic (exact) mass is 460 g/mol. The van der Waals surface area contributed by atoms with Gasteiger partial charge in [-0.2, -0.15) is 13.2 Å². The number of hydrogen-bond donors (Lipinski definition) is 1. The van der Waals surface area contributed by atoms with Gasteiger partial charge >= 0.3 is 6.18 Å². The zero-order valence-corrected chi connectivity index (χ0v) is 18.3. The molecule has 168 valence electrons. The number of hydrogen-bond acceptors (Lipinski definition) is 5. The van der Waals surface area contributed by atoms with E-state index >= 15 is 0 Å². The number of nitrogens with one attached hydrogen (secondary N) is 1. The molecule has 1 aromatic heterocycles. The lowest BCUT2D eigenvalue weighted by molar-refractivity contribution is -0.137. The second kappa shape index (κ2) is 9.38. The molecule has 0 atom stereocenters. The molecule has 1 aliphatic heterocycles. The van der Waals surface area contributed by atoms with Crippen LogP contribution in [0.15, 0.2) is 59.6 Å². The number of likely N-dealkylation sites (N-methyl/N-ethyl adjacent to an activating group) is 1. The van der Waals surface area contributed by atoms with Crippen molar-refractivity contribution in [1.29, 1.82) is 0 Å². The molecule has 0 unspecified atom stereocenters. The van der Waals surface area contributed by atoms with Gasteiger partial charge in [-0.05, 0) is 37.4 Å². The van der Waals surface area contributed by atoms with E-state index in [9.17, 15) is 18.0 Å². The van der Waals surface area contributed by atoms with E-state index < -0.39 is 11.7 Å². The summed E-state index contributed by atoms with van der Waals surface area (Å²) in [5.74, 6) is -0.300. The fourth-order valence-corrected chi connectivity index (χ4v) is 4.50. The van der Waals surface area contributed by atoms with E-state index in [1.54, 1.807) is 6.20 Å². The molecule has 3 aromatic rings. The third-order valence-electron chi connectivity index (χ3n) is 5.40. The molecule has 1 saturated heterocycles. The van der Waals surface area contributed by atoms with E-state index in [4.69, 9.17) is 0 Å². The number of halogens is 3. The van der Waals surface area contributed by atoms with Gasteiger partial charge in [0, 0.05) is 42.7 Å². The first-order valence-electron chi connectivity index (χ1n) is 10.2. The van der Waals surface area contributed by atoms with Crippen LogP contribution < -0.4 is 10.2 Å². The molecular weight excluding hydrogens is 437 g/mol. The Balaban J connectivity index is 1.53. The van der Waals surface area contributed by atoms with Crippen molar-refractivity contribution >= 4 is 39.9 Å². The van der Waals surface area contributed by atoms with Gasteiger partial charge in [0.25, 0.3) is 0 Å². The minimum absolute atomic E-state index is 0.0636. The van der Waals surface area contributed by atoms with Crippen LogP contribution in [0.2, 0.25) is 0 Å². The van der Waals surface area contributed by atoms with E-state index in [0.717, 1.165) is 41.0 Å². The molecule has 1 fully saturated rings. The third-order valence-corrected chi connectivity index (χ3v) is 6.44. The van der Waals surface area contributed by atoms with Crippen LogP contribution in [0.3, 0.4) is 0 Å². The highest BCUT2D eigenvalue weighted by molar-refractivity contribution is 8.00. The summed E-state index contributed by atoms with van der Waals surface area (Å²) in [6.45, 7) is 2.97. The molecule has 4 rings (SSSR count). The number of thioether (sulfide) groups is 1. The van der Waals surface area contributed by atoms with E-state index in [0.29, 0.717) is 18.8 Å². The van der Waals surface area contributed by atoms with Crippen LogP contribution in [-0.4, -0.2) is 54.8 Å². The zero-order valence-electron chi connectivity index (χ0n) is 17.5. The Morgan fingerprint density at radius 2 is 1.84 bits per heavy atom. The molecule has 0 bridgehead atoms. The Kier molecular flexibility index (Phi) is 6.57. The van der Waals surface area contributed by atoms with Crippen LogP contribution in [0.4, 0.5) is 24.5 Å². The van der Waals surface area contributed by atoms with Crippen LogP contribution in [0.5, 0.6) is 0 Å². The summed E-state index contributed by atoms with van der Waals surface area (Å²) in [4.78, 5) is 22.1. The molecule has 9 heteroatoms. The Morgan fingerprint density at radius 3 is 2.59 bits per heavy atom. The molecule has 1 aliphatic rings. The number of anilines is 2. The average molecular weight is 461 g/mol. The Hall–Kier alpha value is -2.78. The molecule has 0 spiro atoms. The van der Waals surface area contributed by atoms with Gasteiger partial charge in [-0.3, -0.25) is 9.78 Å². The second-order valence-electron chi connectivity index (χ2n) is 7.69. The van der Waals surface area contributed by atoms with Crippen LogP contribution in [-0.2, 0) is 11.0 Å². The van der Waals surface area contributed by atoms with Crippen molar-refractivity contribution in [2.45, 2.75) is 11.1 Å². The average Bonchev–Trinajstić information content (AvgIpc) is 2.78. The van der Waals surface area contributed by atoms with Crippen molar-refractivity contribution in [1.82, 2.24) is 9.88 Å². The predicted octanol–water partition coefficient (Wildman–Crippen LogP) is 4.74. The summed E-state index contributed by atoms with van der Waals surface area (Å²) < 4.78 is 39.9. The number of nitrogens with zero attached hydrogens (tertiary/aromatic N) is 3. The number of aromatic nitrogens is 1. The summed E-state index contributed by atoms with van der Waals surface area (Å²) in [6.07, 6.45) is -2.79. The van der Waals surface area contributed by atoms with E-state index in [-0.39, 0.29) is 17.3 Å². The maximum atomic E-state index is 13.3. The second-order valence-corrected chi connectivity index (χ2v) is 8.71. The van der Waals surface area contributed by atoms with E-state index in [2.05, 4.69) is 15.2 Å². The smallest absolute Gasteiger partial charge is 0.367 e. The molecule has 2 heterocycles. The number of piperazine rings is 1. The largest absolute Gasteiger partial charge is 0.416 e. The Morgan fingerprint density at radius 1 is 1.09 bits per heavy atom. The number of carbonyl (C=O) groups excluding carboxylic acids is 1. The highest BCUT2D eigenvalue weighted by Gasteiger charge is 2.32. The maximum absolute atomic E-state index is 13.3. The highest BCUT2D eigenvalue weighted by atomic mass is 32.2. The first kappa shape index (κ1) is 22.4. The summed E-state index contributed by atoms with van der Waals surface area (Å²) in [5, 5.41) is 3.68. The lowest BCUT2D eigenvalue weighted by Crippen LogP contribution is -2.44. The fourth-order valence-electron chi connectivity index (χ4n) is 3.66. The molecule has 1 N–H and O–H groups in total. The summed E-state index contributed by atoms with van der Waals surface area (Å²) in [6, 6.07) is 13.0. The van der Waals surface area contributed by atoms with Gasteiger partial charge in [0.05, 0.1) is 28.2 Å².